The topological polar surface area (TPSA) is 32.3 Å². The number of hydrogen-bond acceptors (Lipinski definition) is 4. The Hall–Kier alpha value is -0.680. The van der Waals surface area contributed by atoms with Crippen molar-refractivity contribution in [1.29, 1.82) is 0 Å². The SMILES string of the molecule is Cc1cc(C(C)C)nc(N2CCN(CCBr)CC2)n1. The number of anilines is 1. The first-order chi connectivity index (χ1) is 9.10. The summed E-state index contributed by atoms with van der Waals surface area (Å²) < 4.78 is 0. The molecule has 1 fully saturated rings. The highest BCUT2D eigenvalue weighted by atomic mass is 79.9. The van der Waals surface area contributed by atoms with Gasteiger partial charge in [-0.15, -0.1) is 0 Å². The van der Waals surface area contributed by atoms with Crippen molar-refractivity contribution < 1.29 is 0 Å². The van der Waals surface area contributed by atoms with E-state index in [0.717, 1.165) is 55.4 Å². The number of hydrogen-bond donors (Lipinski definition) is 0. The maximum Gasteiger partial charge on any atom is 0.225 e. The Bertz CT molecular complexity index is 414. The van der Waals surface area contributed by atoms with Gasteiger partial charge in [-0.3, -0.25) is 4.90 Å². The lowest BCUT2D eigenvalue weighted by atomic mass is 10.1. The number of halogens is 1. The Morgan fingerprint density at radius 2 is 1.89 bits per heavy atom. The summed E-state index contributed by atoms with van der Waals surface area (Å²) in [4.78, 5) is 14.1. The number of nitrogens with zero attached hydrogens (tertiary/aromatic N) is 4. The number of rotatable bonds is 4. The molecule has 0 saturated carbocycles. The highest BCUT2D eigenvalue weighted by molar-refractivity contribution is 9.09. The molecule has 1 aromatic heterocycles. The van der Waals surface area contributed by atoms with Crippen LogP contribution in [0.2, 0.25) is 0 Å². The molecular weight excluding hydrogens is 304 g/mol. The van der Waals surface area contributed by atoms with Crippen LogP contribution in [-0.2, 0) is 0 Å². The molecule has 0 unspecified atom stereocenters. The second kappa shape index (κ2) is 6.66. The van der Waals surface area contributed by atoms with Gasteiger partial charge in [-0.1, -0.05) is 29.8 Å². The molecule has 2 heterocycles. The van der Waals surface area contributed by atoms with Crippen LogP contribution in [0.25, 0.3) is 0 Å². The van der Waals surface area contributed by atoms with Crippen LogP contribution in [0.1, 0.15) is 31.2 Å². The molecule has 1 aromatic rings. The van der Waals surface area contributed by atoms with Crippen LogP contribution in [0, 0.1) is 6.92 Å². The van der Waals surface area contributed by atoms with Crippen molar-refractivity contribution in [3.8, 4) is 0 Å². The van der Waals surface area contributed by atoms with Gasteiger partial charge in [-0.05, 0) is 18.9 Å². The predicted octanol–water partition coefficient (Wildman–Crippen LogP) is 2.43. The zero-order chi connectivity index (χ0) is 13.8. The molecule has 5 heteroatoms. The quantitative estimate of drug-likeness (QED) is 0.795. The summed E-state index contributed by atoms with van der Waals surface area (Å²) in [5.74, 6) is 1.36. The van der Waals surface area contributed by atoms with E-state index in [2.05, 4.69) is 57.6 Å². The van der Waals surface area contributed by atoms with E-state index < -0.39 is 0 Å². The first-order valence-corrected chi connectivity index (χ1v) is 8.11. The zero-order valence-electron chi connectivity index (χ0n) is 12.1. The largest absolute Gasteiger partial charge is 0.338 e. The van der Waals surface area contributed by atoms with E-state index in [4.69, 9.17) is 4.98 Å². The molecule has 19 heavy (non-hydrogen) atoms. The molecule has 0 N–H and O–H groups in total. The molecular formula is C14H23BrN4. The summed E-state index contributed by atoms with van der Waals surface area (Å²) >= 11 is 3.50. The number of alkyl halides is 1. The molecule has 1 aliphatic rings. The van der Waals surface area contributed by atoms with Gasteiger partial charge in [0.25, 0.3) is 0 Å². The molecule has 0 radical (unpaired) electrons. The molecule has 0 atom stereocenters. The van der Waals surface area contributed by atoms with Crippen LogP contribution in [0.5, 0.6) is 0 Å². The molecule has 0 bridgehead atoms. The summed E-state index contributed by atoms with van der Waals surface area (Å²) in [6.45, 7) is 11.8. The lowest BCUT2D eigenvalue weighted by molar-refractivity contribution is 0.272. The minimum absolute atomic E-state index is 0.454. The molecule has 0 amide bonds. The van der Waals surface area contributed by atoms with E-state index in [0.29, 0.717) is 5.92 Å². The van der Waals surface area contributed by atoms with Crippen LogP contribution in [0.15, 0.2) is 6.07 Å². The van der Waals surface area contributed by atoms with Crippen molar-refractivity contribution >= 4 is 21.9 Å². The fraction of sp³-hybridized carbons (Fsp3) is 0.714. The third kappa shape index (κ3) is 3.89. The molecule has 0 aliphatic carbocycles. The van der Waals surface area contributed by atoms with Crippen molar-refractivity contribution in [1.82, 2.24) is 14.9 Å². The van der Waals surface area contributed by atoms with Gasteiger partial charge in [0, 0.05) is 49.4 Å². The standard InChI is InChI=1S/C14H23BrN4/c1-11(2)13-10-12(3)16-14(17-13)19-8-6-18(5-4-15)7-9-19/h10-11H,4-9H2,1-3H3. The van der Waals surface area contributed by atoms with E-state index >= 15 is 0 Å². The lowest BCUT2D eigenvalue weighted by Gasteiger charge is -2.34. The highest BCUT2D eigenvalue weighted by Crippen LogP contribution is 2.18. The van der Waals surface area contributed by atoms with Gasteiger partial charge in [0.15, 0.2) is 0 Å². The zero-order valence-corrected chi connectivity index (χ0v) is 13.7. The summed E-state index contributed by atoms with van der Waals surface area (Å²) in [6, 6.07) is 2.09. The van der Waals surface area contributed by atoms with Gasteiger partial charge in [0.05, 0.1) is 0 Å². The molecule has 0 aromatic carbocycles. The molecule has 1 aliphatic heterocycles. The highest BCUT2D eigenvalue weighted by Gasteiger charge is 2.19. The summed E-state index contributed by atoms with van der Waals surface area (Å²) in [7, 11) is 0. The van der Waals surface area contributed by atoms with Crippen LogP contribution in [0.3, 0.4) is 0 Å². The molecule has 1 saturated heterocycles. The Morgan fingerprint density at radius 1 is 1.21 bits per heavy atom. The van der Waals surface area contributed by atoms with E-state index in [1.54, 1.807) is 0 Å². The molecule has 0 spiro atoms. The fourth-order valence-corrected chi connectivity index (χ4v) is 2.81. The van der Waals surface area contributed by atoms with Crippen LogP contribution >= 0.6 is 15.9 Å². The summed E-state index contributed by atoms with van der Waals surface area (Å²) in [6.07, 6.45) is 0. The van der Waals surface area contributed by atoms with Crippen LogP contribution in [0.4, 0.5) is 5.95 Å². The molecule has 106 valence electrons. The van der Waals surface area contributed by atoms with Crippen molar-refractivity contribution in [2.75, 3.05) is 43.0 Å². The van der Waals surface area contributed by atoms with Crippen LogP contribution < -0.4 is 4.90 Å². The minimum Gasteiger partial charge on any atom is -0.338 e. The van der Waals surface area contributed by atoms with Crippen molar-refractivity contribution in [3.05, 3.63) is 17.5 Å². The first kappa shape index (κ1) is 14.7. The molecule has 2 rings (SSSR count). The Kier molecular flexibility index (Phi) is 5.16. The average molecular weight is 327 g/mol. The van der Waals surface area contributed by atoms with E-state index in [-0.39, 0.29) is 0 Å². The maximum atomic E-state index is 4.71. The second-order valence-corrected chi connectivity index (χ2v) is 6.20. The Labute approximate surface area is 124 Å². The normalized spacial score (nSPS) is 17.2. The second-order valence-electron chi connectivity index (χ2n) is 5.41. The van der Waals surface area contributed by atoms with E-state index in [1.807, 2.05) is 0 Å². The van der Waals surface area contributed by atoms with Crippen molar-refractivity contribution in [2.24, 2.45) is 0 Å². The van der Waals surface area contributed by atoms with Crippen LogP contribution in [-0.4, -0.2) is 52.9 Å². The predicted molar refractivity (Wildman–Crippen MR) is 83.3 cm³/mol. The summed E-state index contributed by atoms with van der Waals surface area (Å²) in [5.41, 5.74) is 2.21. The van der Waals surface area contributed by atoms with E-state index in [9.17, 15) is 0 Å². The van der Waals surface area contributed by atoms with Gasteiger partial charge >= 0.3 is 0 Å². The van der Waals surface area contributed by atoms with Crippen molar-refractivity contribution in [3.63, 3.8) is 0 Å². The first-order valence-electron chi connectivity index (χ1n) is 6.99. The Morgan fingerprint density at radius 3 is 2.47 bits per heavy atom. The van der Waals surface area contributed by atoms with Gasteiger partial charge < -0.3 is 4.90 Å². The maximum absolute atomic E-state index is 4.71. The lowest BCUT2D eigenvalue weighted by Crippen LogP contribution is -2.47. The number of aromatic nitrogens is 2. The number of aryl methyl sites for hydroxylation is 1. The Balaban J connectivity index is 2.06. The van der Waals surface area contributed by atoms with Gasteiger partial charge in [-0.2, -0.15) is 0 Å². The fourth-order valence-electron chi connectivity index (χ4n) is 2.30. The van der Waals surface area contributed by atoms with Crippen molar-refractivity contribution in [2.45, 2.75) is 26.7 Å². The van der Waals surface area contributed by atoms with Gasteiger partial charge in [0.2, 0.25) is 5.95 Å². The average Bonchev–Trinajstić information content (AvgIpc) is 2.39. The third-order valence-corrected chi connectivity index (χ3v) is 3.86. The number of piperazine rings is 1. The van der Waals surface area contributed by atoms with E-state index in [1.165, 1.54) is 0 Å². The summed E-state index contributed by atoms with van der Waals surface area (Å²) in [5, 5.41) is 1.05. The molecule has 4 nitrogen and oxygen atoms in total. The van der Waals surface area contributed by atoms with Gasteiger partial charge in [-0.25, -0.2) is 9.97 Å². The minimum atomic E-state index is 0.454. The monoisotopic (exact) mass is 326 g/mol. The smallest absolute Gasteiger partial charge is 0.225 e. The van der Waals surface area contributed by atoms with Gasteiger partial charge in [0.1, 0.15) is 0 Å². The third-order valence-electron chi connectivity index (χ3n) is 3.51.